The molecule has 0 unspecified atom stereocenters. The Bertz CT molecular complexity index is 885. The first-order valence-electron chi connectivity index (χ1n) is 9.51. The molecule has 1 aliphatic rings. The highest BCUT2D eigenvalue weighted by Gasteiger charge is 2.17. The minimum Gasteiger partial charge on any atom is -0.497 e. The zero-order chi connectivity index (χ0) is 20.0. The Balaban J connectivity index is 1.61. The number of likely N-dealkylation sites (tertiary alicyclic amines) is 1. The molecule has 0 aromatic heterocycles. The normalized spacial score (nSPS) is 15.1. The van der Waals surface area contributed by atoms with E-state index < -0.39 is 10.0 Å². The quantitative estimate of drug-likeness (QED) is 0.805. The Labute approximate surface area is 166 Å². The molecule has 2 aromatic carbocycles. The van der Waals surface area contributed by atoms with Gasteiger partial charge in [-0.3, -0.25) is 4.79 Å². The molecule has 2 aromatic rings. The average Bonchev–Trinajstić information content (AvgIpc) is 3.02. The summed E-state index contributed by atoms with van der Waals surface area (Å²) in [4.78, 5) is 14.7. The molecule has 7 heteroatoms. The van der Waals surface area contributed by atoms with Gasteiger partial charge in [0.25, 0.3) is 5.91 Å². The van der Waals surface area contributed by atoms with E-state index in [9.17, 15) is 13.2 Å². The van der Waals surface area contributed by atoms with Gasteiger partial charge in [0, 0.05) is 25.2 Å². The SMILES string of the molecule is COc1ccc(S(=O)(=O)NCc2ccc(C(=O)N3CCCCCC3)cc2)cc1. The van der Waals surface area contributed by atoms with Gasteiger partial charge in [-0.15, -0.1) is 0 Å². The second-order valence-electron chi connectivity index (χ2n) is 6.90. The number of methoxy groups -OCH3 is 1. The van der Waals surface area contributed by atoms with Crippen molar-refractivity contribution in [3.63, 3.8) is 0 Å². The van der Waals surface area contributed by atoms with Gasteiger partial charge in [-0.1, -0.05) is 25.0 Å². The van der Waals surface area contributed by atoms with Gasteiger partial charge < -0.3 is 9.64 Å². The van der Waals surface area contributed by atoms with E-state index in [1.807, 2.05) is 4.90 Å². The van der Waals surface area contributed by atoms with Crippen LogP contribution in [0.1, 0.15) is 41.6 Å². The van der Waals surface area contributed by atoms with Gasteiger partial charge in [0.2, 0.25) is 10.0 Å². The number of ether oxygens (including phenoxy) is 1. The van der Waals surface area contributed by atoms with Crippen LogP contribution >= 0.6 is 0 Å². The van der Waals surface area contributed by atoms with Crippen LogP contribution in [0.5, 0.6) is 5.75 Å². The second kappa shape index (κ2) is 9.21. The number of sulfonamides is 1. The molecule has 150 valence electrons. The van der Waals surface area contributed by atoms with Crippen molar-refractivity contribution in [3.8, 4) is 5.75 Å². The standard InChI is InChI=1S/C21H26N2O4S/c1-27-19-10-12-20(13-11-19)28(25,26)22-16-17-6-8-18(9-7-17)21(24)23-14-4-2-3-5-15-23/h6-13,22H,2-5,14-16H2,1H3. The van der Waals surface area contributed by atoms with E-state index in [4.69, 9.17) is 4.74 Å². The minimum absolute atomic E-state index is 0.0484. The molecule has 0 radical (unpaired) electrons. The van der Waals surface area contributed by atoms with Crippen molar-refractivity contribution in [3.05, 3.63) is 59.7 Å². The Morgan fingerprint density at radius 1 is 0.964 bits per heavy atom. The van der Waals surface area contributed by atoms with E-state index in [0.29, 0.717) is 11.3 Å². The Morgan fingerprint density at radius 2 is 1.57 bits per heavy atom. The van der Waals surface area contributed by atoms with E-state index in [2.05, 4.69) is 4.72 Å². The number of nitrogens with one attached hydrogen (secondary N) is 1. The summed E-state index contributed by atoms with van der Waals surface area (Å²) in [5, 5.41) is 0. The predicted octanol–water partition coefficient (Wildman–Crippen LogP) is 3.19. The maximum Gasteiger partial charge on any atom is 0.253 e. The van der Waals surface area contributed by atoms with Crippen LogP contribution in [0.4, 0.5) is 0 Å². The van der Waals surface area contributed by atoms with Gasteiger partial charge in [-0.2, -0.15) is 0 Å². The van der Waals surface area contributed by atoms with E-state index >= 15 is 0 Å². The smallest absolute Gasteiger partial charge is 0.253 e. The second-order valence-corrected chi connectivity index (χ2v) is 8.67. The summed E-state index contributed by atoms with van der Waals surface area (Å²) in [6.45, 7) is 1.77. The third kappa shape index (κ3) is 5.11. The first-order chi connectivity index (χ1) is 13.5. The fourth-order valence-electron chi connectivity index (χ4n) is 3.24. The molecular formula is C21H26N2O4S. The lowest BCUT2D eigenvalue weighted by Crippen LogP contribution is -2.31. The molecule has 1 heterocycles. The van der Waals surface area contributed by atoms with Gasteiger partial charge in [0.1, 0.15) is 5.75 Å². The fraction of sp³-hybridized carbons (Fsp3) is 0.381. The molecule has 1 N–H and O–H groups in total. The molecule has 28 heavy (non-hydrogen) atoms. The van der Waals surface area contributed by atoms with Crippen molar-refractivity contribution < 1.29 is 17.9 Å². The lowest BCUT2D eigenvalue weighted by atomic mass is 10.1. The van der Waals surface area contributed by atoms with Crippen LogP contribution in [0.2, 0.25) is 0 Å². The van der Waals surface area contributed by atoms with E-state index in [0.717, 1.165) is 31.5 Å². The number of nitrogens with zero attached hydrogens (tertiary/aromatic N) is 1. The van der Waals surface area contributed by atoms with Crippen molar-refractivity contribution in [2.24, 2.45) is 0 Å². The lowest BCUT2D eigenvalue weighted by Gasteiger charge is -2.20. The summed E-state index contributed by atoms with van der Waals surface area (Å²) in [6, 6.07) is 13.3. The molecule has 0 saturated carbocycles. The molecule has 0 aliphatic carbocycles. The molecule has 0 spiro atoms. The van der Waals surface area contributed by atoms with Crippen molar-refractivity contribution in [2.45, 2.75) is 37.1 Å². The molecule has 3 rings (SSSR count). The lowest BCUT2D eigenvalue weighted by molar-refractivity contribution is 0.0761. The number of rotatable bonds is 6. The van der Waals surface area contributed by atoms with E-state index in [1.165, 1.54) is 32.1 Å². The highest BCUT2D eigenvalue weighted by atomic mass is 32.2. The van der Waals surface area contributed by atoms with E-state index in [-0.39, 0.29) is 17.3 Å². The molecule has 1 aliphatic heterocycles. The topological polar surface area (TPSA) is 75.7 Å². The first kappa shape index (κ1) is 20.4. The summed E-state index contributed by atoms with van der Waals surface area (Å²) in [5.74, 6) is 0.649. The summed E-state index contributed by atoms with van der Waals surface area (Å²) < 4.78 is 32.4. The third-order valence-electron chi connectivity index (χ3n) is 4.93. The third-order valence-corrected chi connectivity index (χ3v) is 6.35. The molecule has 6 nitrogen and oxygen atoms in total. The Morgan fingerprint density at radius 3 is 2.14 bits per heavy atom. The number of amides is 1. The van der Waals surface area contributed by atoms with Crippen LogP contribution in [0.3, 0.4) is 0 Å². The highest BCUT2D eigenvalue weighted by molar-refractivity contribution is 7.89. The van der Waals surface area contributed by atoms with Crippen LogP contribution in [0.25, 0.3) is 0 Å². The van der Waals surface area contributed by atoms with E-state index in [1.54, 1.807) is 36.4 Å². The highest BCUT2D eigenvalue weighted by Crippen LogP contribution is 2.17. The van der Waals surface area contributed by atoms with Crippen LogP contribution in [-0.2, 0) is 16.6 Å². The molecule has 0 bridgehead atoms. The number of carbonyl (C=O) groups is 1. The average molecular weight is 403 g/mol. The molecular weight excluding hydrogens is 376 g/mol. The monoisotopic (exact) mass is 402 g/mol. The zero-order valence-electron chi connectivity index (χ0n) is 16.1. The molecule has 1 amide bonds. The first-order valence-corrected chi connectivity index (χ1v) is 11.0. The Hall–Kier alpha value is -2.38. The number of hydrogen-bond acceptors (Lipinski definition) is 4. The fourth-order valence-corrected chi connectivity index (χ4v) is 4.26. The number of carbonyl (C=O) groups excluding carboxylic acids is 1. The van der Waals surface area contributed by atoms with Crippen LogP contribution < -0.4 is 9.46 Å². The van der Waals surface area contributed by atoms with Crippen LogP contribution in [0, 0.1) is 0 Å². The van der Waals surface area contributed by atoms with Gasteiger partial charge in [0.15, 0.2) is 0 Å². The van der Waals surface area contributed by atoms with Crippen LogP contribution in [-0.4, -0.2) is 39.4 Å². The molecule has 0 atom stereocenters. The summed E-state index contributed by atoms with van der Waals surface area (Å²) in [6.07, 6.45) is 4.46. The minimum atomic E-state index is -3.61. The maximum atomic E-state index is 12.6. The van der Waals surface area contributed by atoms with Crippen molar-refractivity contribution in [1.82, 2.24) is 9.62 Å². The maximum absolute atomic E-state index is 12.6. The van der Waals surface area contributed by atoms with Gasteiger partial charge in [-0.25, -0.2) is 13.1 Å². The van der Waals surface area contributed by atoms with Crippen molar-refractivity contribution in [2.75, 3.05) is 20.2 Å². The number of benzene rings is 2. The zero-order valence-corrected chi connectivity index (χ0v) is 16.9. The predicted molar refractivity (Wildman–Crippen MR) is 108 cm³/mol. The van der Waals surface area contributed by atoms with Gasteiger partial charge in [-0.05, 0) is 54.8 Å². The number of hydrogen-bond donors (Lipinski definition) is 1. The summed E-state index contributed by atoms with van der Waals surface area (Å²) in [5.41, 5.74) is 1.44. The molecule has 1 fully saturated rings. The summed E-state index contributed by atoms with van der Waals surface area (Å²) >= 11 is 0. The largest absolute Gasteiger partial charge is 0.497 e. The van der Waals surface area contributed by atoms with Crippen LogP contribution in [0.15, 0.2) is 53.4 Å². The summed E-state index contributed by atoms with van der Waals surface area (Å²) in [7, 11) is -2.08. The Kier molecular flexibility index (Phi) is 6.70. The van der Waals surface area contributed by atoms with Gasteiger partial charge >= 0.3 is 0 Å². The van der Waals surface area contributed by atoms with Crippen molar-refractivity contribution >= 4 is 15.9 Å². The van der Waals surface area contributed by atoms with Gasteiger partial charge in [0.05, 0.1) is 12.0 Å². The molecule has 1 saturated heterocycles. The van der Waals surface area contributed by atoms with Crippen molar-refractivity contribution in [1.29, 1.82) is 0 Å².